The molecule has 0 aromatic heterocycles. The average molecular weight is 442 g/mol. The van der Waals surface area contributed by atoms with Crippen molar-refractivity contribution >= 4 is 0 Å². The molecule has 31 heavy (non-hydrogen) atoms. The number of unbranched alkanes of at least 4 members (excludes halogenated alkanes) is 18. The normalized spacial score (nSPS) is 11.4. The third-order valence-electron chi connectivity index (χ3n) is 6.44. The minimum atomic E-state index is 0.0694. The van der Waals surface area contributed by atoms with Crippen LogP contribution in [-0.2, 0) is 0 Å². The van der Waals surface area contributed by atoms with Crippen LogP contribution in [-0.4, -0.2) is 38.3 Å². The van der Waals surface area contributed by atoms with Crippen molar-refractivity contribution in [3.05, 3.63) is 0 Å². The molecule has 2 nitrogen and oxygen atoms in total. The molecule has 0 aromatic rings. The largest absolute Gasteiger partial charge is 0.854 e. The average Bonchev–Trinajstić information content (AvgIpc) is 2.76. The standard InChI is InChI=1S/C26H56N.C3H7O/c1-5-7-9-11-13-15-17-19-21-23-25-27(3,4)26-24-22-20-18-16-14-12-10-8-6-2;1-2-3-4/h5-26H2,1-4H3;2-3H2,1H3/q+1;-1. The maximum Gasteiger partial charge on any atom is 0.0782 e. The molecule has 0 aromatic carbocycles. The first-order valence-electron chi connectivity index (χ1n) is 14.4. The van der Waals surface area contributed by atoms with Crippen molar-refractivity contribution in [2.45, 2.75) is 156 Å². The summed E-state index contributed by atoms with van der Waals surface area (Å²) in [6.45, 7) is 9.31. The zero-order chi connectivity index (χ0) is 23.5. The van der Waals surface area contributed by atoms with Gasteiger partial charge in [0.25, 0.3) is 0 Å². The quantitative estimate of drug-likeness (QED) is 0.115. The highest BCUT2D eigenvalue weighted by Gasteiger charge is 2.13. The van der Waals surface area contributed by atoms with Crippen LogP contribution >= 0.6 is 0 Å². The number of hydrogen-bond donors (Lipinski definition) is 0. The topological polar surface area (TPSA) is 23.1 Å². The fraction of sp³-hybridized carbons (Fsp3) is 1.00. The summed E-state index contributed by atoms with van der Waals surface area (Å²) in [4.78, 5) is 0. The predicted molar refractivity (Wildman–Crippen MR) is 141 cm³/mol. The molecule has 0 fully saturated rings. The van der Waals surface area contributed by atoms with Gasteiger partial charge >= 0.3 is 0 Å². The van der Waals surface area contributed by atoms with E-state index in [-0.39, 0.29) is 6.61 Å². The second-order valence-corrected chi connectivity index (χ2v) is 10.5. The van der Waals surface area contributed by atoms with E-state index in [0.717, 1.165) is 6.42 Å². The molecule has 0 aliphatic heterocycles. The molecule has 0 atom stereocenters. The smallest absolute Gasteiger partial charge is 0.0782 e. The van der Waals surface area contributed by atoms with E-state index in [1.807, 2.05) is 6.92 Å². The van der Waals surface area contributed by atoms with Crippen molar-refractivity contribution < 1.29 is 9.59 Å². The van der Waals surface area contributed by atoms with E-state index >= 15 is 0 Å². The van der Waals surface area contributed by atoms with Gasteiger partial charge in [0.1, 0.15) is 0 Å². The fourth-order valence-electron chi connectivity index (χ4n) is 4.17. The van der Waals surface area contributed by atoms with Crippen molar-refractivity contribution in [3.8, 4) is 0 Å². The second-order valence-electron chi connectivity index (χ2n) is 10.5. The first-order valence-corrected chi connectivity index (χ1v) is 14.4. The van der Waals surface area contributed by atoms with Gasteiger partial charge in [0.05, 0.1) is 27.2 Å². The number of quaternary nitrogens is 1. The van der Waals surface area contributed by atoms with Crippen LogP contribution < -0.4 is 5.11 Å². The lowest BCUT2D eigenvalue weighted by Crippen LogP contribution is -2.41. The molecule has 0 aliphatic rings. The Morgan fingerprint density at radius 3 is 0.839 bits per heavy atom. The molecule has 0 N–H and O–H groups in total. The molecule has 0 amide bonds. The highest BCUT2D eigenvalue weighted by molar-refractivity contribution is 4.50. The number of nitrogens with zero attached hydrogens (tertiary/aromatic N) is 1. The number of rotatable bonds is 23. The lowest BCUT2D eigenvalue weighted by atomic mass is 10.1. The Hall–Kier alpha value is -0.0800. The van der Waals surface area contributed by atoms with E-state index < -0.39 is 0 Å². The summed E-state index contributed by atoms with van der Waals surface area (Å²) in [6, 6.07) is 0. The summed E-state index contributed by atoms with van der Waals surface area (Å²) in [5, 5.41) is 9.30. The molecule has 0 spiro atoms. The monoisotopic (exact) mass is 441 g/mol. The van der Waals surface area contributed by atoms with Crippen molar-refractivity contribution in [2.24, 2.45) is 0 Å². The molecule has 0 heterocycles. The summed E-state index contributed by atoms with van der Waals surface area (Å²) in [5.74, 6) is 0. The first kappa shape index (κ1) is 33.1. The Bertz CT molecular complexity index is 275. The minimum Gasteiger partial charge on any atom is -0.854 e. The van der Waals surface area contributed by atoms with Gasteiger partial charge in [0.15, 0.2) is 0 Å². The third-order valence-corrected chi connectivity index (χ3v) is 6.44. The van der Waals surface area contributed by atoms with Crippen molar-refractivity contribution in [1.82, 2.24) is 0 Å². The van der Waals surface area contributed by atoms with Crippen molar-refractivity contribution in [2.75, 3.05) is 33.8 Å². The van der Waals surface area contributed by atoms with Gasteiger partial charge in [-0.05, 0) is 25.7 Å². The Morgan fingerprint density at radius 2 is 0.613 bits per heavy atom. The lowest BCUT2D eigenvalue weighted by molar-refractivity contribution is -0.890. The van der Waals surface area contributed by atoms with Gasteiger partial charge in [-0.3, -0.25) is 0 Å². The molecular weight excluding hydrogens is 378 g/mol. The van der Waals surface area contributed by atoms with Crippen LogP contribution in [0.25, 0.3) is 0 Å². The van der Waals surface area contributed by atoms with Crippen LogP contribution in [0.15, 0.2) is 0 Å². The molecule has 0 aliphatic carbocycles. The van der Waals surface area contributed by atoms with Gasteiger partial charge in [-0.2, -0.15) is 0 Å². The fourth-order valence-corrected chi connectivity index (χ4v) is 4.17. The van der Waals surface area contributed by atoms with Crippen molar-refractivity contribution in [1.29, 1.82) is 0 Å². The van der Waals surface area contributed by atoms with E-state index in [1.54, 1.807) is 0 Å². The highest BCUT2D eigenvalue weighted by atomic mass is 16.2. The number of hydrogen-bond acceptors (Lipinski definition) is 1. The molecule has 0 saturated carbocycles. The molecule has 0 radical (unpaired) electrons. The van der Waals surface area contributed by atoms with Crippen LogP contribution in [0.1, 0.15) is 156 Å². The lowest BCUT2D eigenvalue weighted by Gasteiger charge is -2.30. The summed E-state index contributed by atoms with van der Waals surface area (Å²) >= 11 is 0. The molecule has 0 bridgehead atoms. The molecular formula is C29H63NO. The highest BCUT2D eigenvalue weighted by Crippen LogP contribution is 2.14. The Labute approximate surface area is 199 Å². The van der Waals surface area contributed by atoms with E-state index in [1.165, 1.54) is 146 Å². The van der Waals surface area contributed by atoms with Crippen LogP contribution in [0.3, 0.4) is 0 Å². The SMILES string of the molecule is CCCCCCCCCCCC[N+](C)(C)CCCCCCCCCCCC.CCC[O-]. The molecule has 2 heteroatoms. The molecule has 0 rings (SSSR count). The van der Waals surface area contributed by atoms with Gasteiger partial charge in [-0.15, -0.1) is 6.61 Å². The van der Waals surface area contributed by atoms with Crippen molar-refractivity contribution in [3.63, 3.8) is 0 Å². The van der Waals surface area contributed by atoms with Gasteiger partial charge < -0.3 is 9.59 Å². The van der Waals surface area contributed by atoms with Crippen LogP contribution in [0.4, 0.5) is 0 Å². The Balaban J connectivity index is 0. The summed E-state index contributed by atoms with van der Waals surface area (Å²) in [7, 11) is 4.89. The molecule has 0 unspecified atom stereocenters. The van der Waals surface area contributed by atoms with E-state index in [4.69, 9.17) is 0 Å². The maximum atomic E-state index is 9.30. The Kier molecular flexibility index (Phi) is 29.8. The van der Waals surface area contributed by atoms with Crippen LogP contribution in [0.2, 0.25) is 0 Å². The predicted octanol–water partition coefficient (Wildman–Crippen LogP) is 8.66. The van der Waals surface area contributed by atoms with E-state index in [9.17, 15) is 5.11 Å². The maximum absolute atomic E-state index is 9.30. The van der Waals surface area contributed by atoms with Crippen LogP contribution in [0.5, 0.6) is 0 Å². The summed E-state index contributed by atoms with van der Waals surface area (Å²) in [5.41, 5.74) is 0. The van der Waals surface area contributed by atoms with E-state index in [0.29, 0.717) is 0 Å². The van der Waals surface area contributed by atoms with Gasteiger partial charge in [0.2, 0.25) is 0 Å². The van der Waals surface area contributed by atoms with Gasteiger partial charge in [-0.25, -0.2) is 0 Å². The van der Waals surface area contributed by atoms with Gasteiger partial charge in [0, 0.05) is 0 Å². The molecule has 190 valence electrons. The third kappa shape index (κ3) is 32.2. The Morgan fingerprint density at radius 1 is 0.387 bits per heavy atom. The summed E-state index contributed by atoms with van der Waals surface area (Å²) < 4.78 is 1.24. The molecule has 0 saturated heterocycles. The van der Waals surface area contributed by atoms with E-state index in [2.05, 4.69) is 27.9 Å². The zero-order valence-electron chi connectivity index (χ0n) is 22.8. The second kappa shape index (κ2) is 28.0. The minimum absolute atomic E-state index is 0.0694. The van der Waals surface area contributed by atoms with Gasteiger partial charge in [-0.1, -0.05) is 130 Å². The first-order chi connectivity index (χ1) is 15.0. The van der Waals surface area contributed by atoms with Crippen LogP contribution in [0, 0.1) is 0 Å². The summed E-state index contributed by atoms with van der Waals surface area (Å²) in [6.07, 6.45) is 29.8. The zero-order valence-corrected chi connectivity index (χ0v) is 22.8.